The van der Waals surface area contributed by atoms with Gasteiger partial charge in [0, 0.05) is 18.4 Å². The Balaban J connectivity index is 3.03. The van der Waals surface area contributed by atoms with E-state index in [1.165, 1.54) is 0 Å². The molecule has 0 aliphatic rings. The van der Waals surface area contributed by atoms with Gasteiger partial charge in [0.25, 0.3) is 0 Å². The molecule has 0 fully saturated rings. The molecule has 0 aromatic carbocycles. The lowest BCUT2D eigenvalue weighted by Crippen LogP contribution is -2.09. The smallest absolute Gasteiger partial charge is 0.0780 e. The lowest BCUT2D eigenvalue weighted by molar-refractivity contribution is 0.759. The number of rotatable bonds is 1. The van der Waals surface area contributed by atoms with Crippen molar-refractivity contribution in [2.75, 3.05) is 0 Å². The van der Waals surface area contributed by atoms with Gasteiger partial charge in [0.1, 0.15) is 0 Å². The number of hydrogen-bond donors (Lipinski definition) is 1. The predicted octanol–water partition coefficient (Wildman–Crippen LogP) is 0.805. The van der Waals surface area contributed by atoms with Gasteiger partial charge in [0.2, 0.25) is 0 Å². The van der Waals surface area contributed by atoms with Crippen LogP contribution in [0.15, 0.2) is 12.4 Å². The molecule has 0 aliphatic heterocycles. The quantitative estimate of drug-likeness (QED) is 0.623. The molecule has 0 saturated carbocycles. The maximum atomic E-state index is 5.61. The first-order valence-electron chi connectivity index (χ1n) is 3.25. The fourth-order valence-electron chi connectivity index (χ4n) is 0.865. The van der Waals surface area contributed by atoms with Gasteiger partial charge in [-0.15, -0.1) is 0 Å². The Hall–Kier alpha value is -0.960. The summed E-state index contributed by atoms with van der Waals surface area (Å²) in [4.78, 5) is 8.15. The van der Waals surface area contributed by atoms with Crippen molar-refractivity contribution in [2.24, 2.45) is 5.73 Å². The van der Waals surface area contributed by atoms with Crippen LogP contribution in [-0.4, -0.2) is 9.97 Å². The summed E-state index contributed by atoms with van der Waals surface area (Å²) in [6.07, 6.45) is 3.33. The Morgan fingerprint density at radius 2 is 2.00 bits per heavy atom. The molecular formula is C7H11N3. The fourth-order valence-corrected chi connectivity index (χ4v) is 0.865. The molecule has 3 heteroatoms. The van der Waals surface area contributed by atoms with Crippen LogP contribution in [0.5, 0.6) is 0 Å². The van der Waals surface area contributed by atoms with E-state index in [1.807, 2.05) is 13.8 Å². The van der Waals surface area contributed by atoms with E-state index in [0.717, 1.165) is 11.4 Å². The van der Waals surface area contributed by atoms with Gasteiger partial charge in [-0.1, -0.05) is 0 Å². The maximum Gasteiger partial charge on any atom is 0.0780 e. The molecular weight excluding hydrogens is 126 g/mol. The van der Waals surface area contributed by atoms with Gasteiger partial charge < -0.3 is 5.73 Å². The predicted molar refractivity (Wildman–Crippen MR) is 39.4 cm³/mol. The molecule has 0 spiro atoms. The summed E-state index contributed by atoms with van der Waals surface area (Å²) in [6, 6.07) is -0.0197. The molecule has 0 saturated heterocycles. The molecule has 0 unspecified atom stereocenters. The molecule has 0 radical (unpaired) electrons. The minimum Gasteiger partial charge on any atom is -0.323 e. The SMILES string of the molecule is Cc1nccnc1[C@@H](C)N. The van der Waals surface area contributed by atoms with Crippen molar-refractivity contribution in [2.45, 2.75) is 19.9 Å². The number of nitrogens with zero attached hydrogens (tertiary/aromatic N) is 2. The summed E-state index contributed by atoms with van der Waals surface area (Å²) in [7, 11) is 0. The van der Waals surface area contributed by atoms with Gasteiger partial charge in [0.05, 0.1) is 11.4 Å². The first-order chi connectivity index (χ1) is 4.72. The van der Waals surface area contributed by atoms with Crippen molar-refractivity contribution in [3.8, 4) is 0 Å². The normalized spacial score (nSPS) is 13.1. The van der Waals surface area contributed by atoms with E-state index >= 15 is 0 Å². The highest BCUT2D eigenvalue weighted by Gasteiger charge is 2.03. The van der Waals surface area contributed by atoms with Gasteiger partial charge >= 0.3 is 0 Å². The molecule has 0 aliphatic carbocycles. The van der Waals surface area contributed by atoms with Gasteiger partial charge in [-0.25, -0.2) is 0 Å². The molecule has 1 aromatic rings. The van der Waals surface area contributed by atoms with Crippen LogP contribution in [0, 0.1) is 6.92 Å². The fraction of sp³-hybridized carbons (Fsp3) is 0.429. The topological polar surface area (TPSA) is 51.8 Å². The van der Waals surface area contributed by atoms with E-state index in [1.54, 1.807) is 12.4 Å². The number of hydrogen-bond acceptors (Lipinski definition) is 3. The highest BCUT2D eigenvalue weighted by molar-refractivity contribution is 5.11. The van der Waals surface area contributed by atoms with E-state index in [2.05, 4.69) is 9.97 Å². The Kier molecular flexibility index (Phi) is 1.97. The molecule has 10 heavy (non-hydrogen) atoms. The molecule has 1 rings (SSSR count). The summed E-state index contributed by atoms with van der Waals surface area (Å²) < 4.78 is 0. The van der Waals surface area contributed by atoms with Crippen LogP contribution in [0.4, 0.5) is 0 Å². The Labute approximate surface area is 60.3 Å². The average molecular weight is 137 g/mol. The highest BCUT2D eigenvalue weighted by Crippen LogP contribution is 2.07. The Morgan fingerprint density at radius 1 is 1.40 bits per heavy atom. The van der Waals surface area contributed by atoms with Crippen LogP contribution in [-0.2, 0) is 0 Å². The first kappa shape index (κ1) is 7.15. The molecule has 3 nitrogen and oxygen atoms in total. The summed E-state index contributed by atoms with van der Waals surface area (Å²) in [5.41, 5.74) is 7.40. The second-order valence-electron chi connectivity index (χ2n) is 2.32. The third kappa shape index (κ3) is 1.30. The second kappa shape index (κ2) is 2.75. The minimum absolute atomic E-state index is 0.0197. The zero-order chi connectivity index (χ0) is 7.56. The van der Waals surface area contributed by atoms with Crippen molar-refractivity contribution < 1.29 is 0 Å². The molecule has 2 N–H and O–H groups in total. The monoisotopic (exact) mass is 137 g/mol. The first-order valence-corrected chi connectivity index (χ1v) is 3.25. The molecule has 1 heterocycles. The molecule has 1 aromatic heterocycles. The van der Waals surface area contributed by atoms with Crippen molar-refractivity contribution in [1.82, 2.24) is 9.97 Å². The summed E-state index contributed by atoms with van der Waals surface area (Å²) in [5.74, 6) is 0. The molecule has 0 amide bonds. The van der Waals surface area contributed by atoms with Crippen LogP contribution in [0.3, 0.4) is 0 Å². The third-order valence-corrected chi connectivity index (χ3v) is 1.35. The van der Waals surface area contributed by atoms with Crippen LogP contribution in [0.25, 0.3) is 0 Å². The third-order valence-electron chi connectivity index (χ3n) is 1.35. The standard InChI is InChI=1S/C7H11N3/c1-5(8)7-6(2)9-3-4-10-7/h3-5H,8H2,1-2H3/t5-/m1/s1. The second-order valence-corrected chi connectivity index (χ2v) is 2.32. The zero-order valence-corrected chi connectivity index (χ0v) is 6.20. The van der Waals surface area contributed by atoms with Crippen molar-refractivity contribution in [1.29, 1.82) is 0 Å². The van der Waals surface area contributed by atoms with Gasteiger partial charge in [0.15, 0.2) is 0 Å². The largest absolute Gasteiger partial charge is 0.323 e. The van der Waals surface area contributed by atoms with Crippen LogP contribution in [0.1, 0.15) is 24.4 Å². The van der Waals surface area contributed by atoms with Crippen LogP contribution in [0.2, 0.25) is 0 Å². The van der Waals surface area contributed by atoms with E-state index < -0.39 is 0 Å². The van der Waals surface area contributed by atoms with Crippen LogP contribution >= 0.6 is 0 Å². The van der Waals surface area contributed by atoms with Crippen LogP contribution < -0.4 is 5.73 Å². The summed E-state index contributed by atoms with van der Waals surface area (Å²) in [6.45, 7) is 3.81. The number of nitrogens with two attached hydrogens (primary N) is 1. The molecule has 54 valence electrons. The highest BCUT2D eigenvalue weighted by atomic mass is 14.8. The van der Waals surface area contributed by atoms with E-state index in [4.69, 9.17) is 5.73 Å². The van der Waals surface area contributed by atoms with Gasteiger partial charge in [-0.05, 0) is 13.8 Å². The summed E-state index contributed by atoms with van der Waals surface area (Å²) in [5, 5.41) is 0. The van der Waals surface area contributed by atoms with Crippen molar-refractivity contribution >= 4 is 0 Å². The lowest BCUT2D eigenvalue weighted by Gasteiger charge is -2.05. The Morgan fingerprint density at radius 3 is 2.40 bits per heavy atom. The van der Waals surface area contributed by atoms with E-state index in [0.29, 0.717) is 0 Å². The van der Waals surface area contributed by atoms with Crippen molar-refractivity contribution in [3.05, 3.63) is 23.8 Å². The number of aromatic nitrogens is 2. The molecule has 1 atom stereocenters. The van der Waals surface area contributed by atoms with E-state index in [9.17, 15) is 0 Å². The zero-order valence-electron chi connectivity index (χ0n) is 6.20. The number of aryl methyl sites for hydroxylation is 1. The minimum atomic E-state index is -0.0197. The molecule has 0 bridgehead atoms. The maximum absolute atomic E-state index is 5.61. The van der Waals surface area contributed by atoms with Gasteiger partial charge in [-0.3, -0.25) is 9.97 Å². The van der Waals surface area contributed by atoms with Gasteiger partial charge in [-0.2, -0.15) is 0 Å². The van der Waals surface area contributed by atoms with Crippen molar-refractivity contribution in [3.63, 3.8) is 0 Å². The average Bonchev–Trinajstić information content (AvgIpc) is 1.88. The lowest BCUT2D eigenvalue weighted by atomic mass is 10.2. The van der Waals surface area contributed by atoms with E-state index in [-0.39, 0.29) is 6.04 Å². The Bertz CT molecular complexity index is 220. The summed E-state index contributed by atoms with van der Waals surface area (Å²) >= 11 is 0.